The number of thioether (sulfide) groups is 1. The van der Waals surface area contributed by atoms with Crippen molar-refractivity contribution >= 4 is 34.6 Å². The van der Waals surface area contributed by atoms with E-state index in [2.05, 4.69) is 15.6 Å². The molecule has 1 aliphatic rings. The number of nitrogens with one attached hydrogen (secondary N) is 2. The van der Waals surface area contributed by atoms with Gasteiger partial charge in [-0.2, -0.15) is 0 Å². The largest absolute Gasteiger partial charge is 0.383 e. The molecule has 0 unspecified atom stereocenters. The summed E-state index contributed by atoms with van der Waals surface area (Å²) in [4.78, 5) is 41.7. The van der Waals surface area contributed by atoms with Gasteiger partial charge in [0.15, 0.2) is 5.16 Å². The van der Waals surface area contributed by atoms with Crippen LogP contribution in [0.25, 0.3) is 10.9 Å². The highest BCUT2D eigenvalue weighted by Crippen LogP contribution is 2.21. The van der Waals surface area contributed by atoms with Crippen LogP contribution < -0.4 is 16.2 Å². The fraction of sp³-hybridized carbons (Fsp3) is 0.500. The summed E-state index contributed by atoms with van der Waals surface area (Å²) in [7, 11) is 1.57. The summed E-state index contributed by atoms with van der Waals surface area (Å²) in [6.45, 7) is 2.20. The third-order valence-corrected chi connectivity index (χ3v) is 5.85. The number of fused-ring (bicyclic) bond motifs is 1. The third kappa shape index (κ3) is 5.36. The molecule has 1 aromatic carbocycles. The van der Waals surface area contributed by atoms with Crippen LogP contribution in [-0.2, 0) is 9.53 Å². The van der Waals surface area contributed by atoms with Crippen LogP contribution in [0.3, 0.4) is 0 Å². The Balaban J connectivity index is 1.72. The number of nitrogens with zero attached hydrogens (tertiary/aromatic N) is 2. The molecule has 2 aromatic rings. The average Bonchev–Trinajstić information content (AvgIpc) is 3.19. The number of hydrogen-bond acceptors (Lipinski definition) is 6. The van der Waals surface area contributed by atoms with Crippen molar-refractivity contribution < 1.29 is 14.3 Å². The molecule has 9 heteroatoms. The topological polar surface area (TPSA) is 102 Å². The maximum atomic E-state index is 13.0. The van der Waals surface area contributed by atoms with Gasteiger partial charge < -0.3 is 10.1 Å². The van der Waals surface area contributed by atoms with Gasteiger partial charge in [-0.05, 0) is 31.9 Å². The van der Waals surface area contributed by atoms with E-state index in [0.717, 1.165) is 37.4 Å². The molecule has 1 saturated carbocycles. The second-order valence-electron chi connectivity index (χ2n) is 7.18. The molecule has 1 atom stereocenters. The van der Waals surface area contributed by atoms with Crippen LogP contribution >= 0.6 is 11.8 Å². The predicted molar refractivity (Wildman–Crippen MR) is 112 cm³/mol. The number of carbonyl (C=O) groups excluding carboxylic acids is 2. The molecule has 2 N–H and O–H groups in total. The smallest absolute Gasteiger partial charge is 0.321 e. The van der Waals surface area contributed by atoms with Crippen LogP contribution in [0, 0.1) is 0 Å². The van der Waals surface area contributed by atoms with Gasteiger partial charge in [-0.15, -0.1) is 0 Å². The molecule has 156 valence electrons. The molecule has 0 spiro atoms. The van der Waals surface area contributed by atoms with Crippen molar-refractivity contribution in [2.45, 2.75) is 49.8 Å². The molecular weight excluding hydrogens is 392 g/mol. The summed E-state index contributed by atoms with van der Waals surface area (Å²) >= 11 is 1.13. The van der Waals surface area contributed by atoms with E-state index in [1.54, 1.807) is 29.9 Å². The van der Waals surface area contributed by atoms with Crippen molar-refractivity contribution in [1.82, 2.24) is 20.2 Å². The van der Waals surface area contributed by atoms with Crippen molar-refractivity contribution in [2.24, 2.45) is 0 Å². The standard InChI is InChI=1S/C20H26N4O4S/c1-13(11-28-2)24-18(26)15-9-5-6-10-16(15)22-20(24)29-12-17(25)23-19(27)21-14-7-3-4-8-14/h5-6,9-10,13-14H,3-4,7-8,11-12H2,1-2H3,(H2,21,23,25,27)/t13-/m0/s1. The zero-order valence-electron chi connectivity index (χ0n) is 16.6. The van der Waals surface area contributed by atoms with Gasteiger partial charge in [0.2, 0.25) is 5.91 Å². The second-order valence-corrected chi connectivity index (χ2v) is 8.13. The van der Waals surface area contributed by atoms with E-state index in [1.807, 2.05) is 13.0 Å². The number of hydrogen-bond donors (Lipinski definition) is 2. The zero-order valence-corrected chi connectivity index (χ0v) is 17.5. The highest BCUT2D eigenvalue weighted by molar-refractivity contribution is 7.99. The number of para-hydroxylation sites is 1. The lowest BCUT2D eigenvalue weighted by Gasteiger charge is -2.18. The maximum absolute atomic E-state index is 13.0. The first-order valence-corrected chi connectivity index (χ1v) is 10.7. The SMILES string of the molecule is COC[C@H](C)n1c(SCC(=O)NC(=O)NC2CCCC2)nc2ccccc2c1=O. The highest BCUT2D eigenvalue weighted by Gasteiger charge is 2.20. The Labute approximate surface area is 173 Å². The van der Waals surface area contributed by atoms with E-state index in [4.69, 9.17) is 4.74 Å². The Bertz CT molecular complexity index is 940. The summed E-state index contributed by atoms with van der Waals surface area (Å²) in [6, 6.07) is 6.51. The van der Waals surface area contributed by atoms with Crippen LogP contribution in [0.2, 0.25) is 0 Å². The van der Waals surface area contributed by atoms with Gasteiger partial charge >= 0.3 is 6.03 Å². The highest BCUT2D eigenvalue weighted by atomic mass is 32.2. The lowest BCUT2D eigenvalue weighted by Crippen LogP contribution is -2.44. The number of urea groups is 1. The molecule has 8 nitrogen and oxygen atoms in total. The van der Waals surface area contributed by atoms with Gasteiger partial charge in [-0.1, -0.05) is 36.7 Å². The van der Waals surface area contributed by atoms with Gasteiger partial charge in [0.25, 0.3) is 5.56 Å². The number of imide groups is 1. The van der Waals surface area contributed by atoms with Crippen LogP contribution in [0.15, 0.2) is 34.2 Å². The molecule has 0 radical (unpaired) electrons. The predicted octanol–water partition coefficient (Wildman–Crippen LogP) is 2.46. The van der Waals surface area contributed by atoms with Crippen LogP contribution in [0.1, 0.15) is 38.6 Å². The third-order valence-electron chi connectivity index (χ3n) is 4.90. The van der Waals surface area contributed by atoms with Gasteiger partial charge in [-0.3, -0.25) is 19.5 Å². The molecule has 0 saturated heterocycles. The molecule has 1 aliphatic carbocycles. The number of methoxy groups -OCH3 is 1. The lowest BCUT2D eigenvalue weighted by molar-refractivity contribution is -0.117. The number of rotatable bonds is 7. The van der Waals surface area contributed by atoms with Gasteiger partial charge in [0.05, 0.1) is 29.3 Å². The van der Waals surface area contributed by atoms with E-state index >= 15 is 0 Å². The molecule has 3 amide bonds. The minimum Gasteiger partial charge on any atom is -0.383 e. The first kappa shape index (κ1) is 21.3. The normalized spacial score (nSPS) is 15.4. The van der Waals surface area contributed by atoms with Crippen molar-refractivity contribution in [3.05, 3.63) is 34.6 Å². The summed E-state index contributed by atoms with van der Waals surface area (Å²) in [5.41, 5.74) is 0.391. The molecule has 1 aromatic heterocycles. The van der Waals surface area contributed by atoms with E-state index < -0.39 is 11.9 Å². The Hall–Kier alpha value is -2.39. The van der Waals surface area contributed by atoms with E-state index in [9.17, 15) is 14.4 Å². The van der Waals surface area contributed by atoms with Crippen LogP contribution in [0.5, 0.6) is 0 Å². The van der Waals surface area contributed by atoms with Crippen LogP contribution in [0.4, 0.5) is 4.79 Å². The molecule has 1 fully saturated rings. The van der Waals surface area contributed by atoms with Crippen molar-refractivity contribution in [3.63, 3.8) is 0 Å². The quantitative estimate of drug-likeness (QED) is 0.529. The summed E-state index contributed by atoms with van der Waals surface area (Å²) in [6.07, 6.45) is 4.08. The number of ether oxygens (including phenoxy) is 1. The Kier molecular flexibility index (Phi) is 7.27. The van der Waals surface area contributed by atoms with E-state index in [1.165, 1.54) is 0 Å². The van der Waals surface area contributed by atoms with Crippen LogP contribution in [-0.4, -0.2) is 47.0 Å². The molecular formula is C20H26N4O4S. The monoisotopic (exact) mass is 418 g/mol. The van der Waals surface area contributed by atoms with Gasteiger partial charge in [-0.25, -0.2) is 9.78 Å². The molecule has 1 heterocycles. The Morgan fingerprint density at radius 1 is 1.31 bits per heavy atom. The Morgan fingerprint density at radius 2 is 2.03 bits per heavy atom. The summed E-state index contributed by atoms with van der Waals surface area (Å²) in [5.74, 6) is -0.457. The first-order chi connectivity index (χ1) is 14.0. The number of amides is 3. The minimum atomic E-state index is -0.473. The minimum absolute atomic E-state index is 0.0252. The molecule has 0 aliphatic heterocycles. The van der Waals surface area contributed by atoms with Gasteiger partial charge in [0.1, 0.15) is 0 Å². The number of carbonyl (C=O) groups is 2. The summed E-state index contributed by atoms with van der Waals surface area (Å²) < 4.78 is 6.74. The zero-order chi connectivity index (χ0) is 20.8. The number of benzene rings is 1. The molecule has 29 heavy (non-hydrogen) atoms. The Morgan fingerprint density at radius 3 is 2.76 bits per heavy atom. The number of aromatic nitrogens is 2. The van der Waals surface area contributed by atoms with E-state index in [0.29, 0.717) is 22.7 Å². The second kappa shape index (κ2) is 9.89. The summed E-state index contributed by atoms with van der Waals surface area (Å²) in [5, 5.41) is 6.11. The van der Waals surface area contributed by atoms with E-state index in [-0.39, 0.29) is 23.4 Å². The van der Waals surface area contributed by atoms with Crippen molar-refractivity contribution in [3.8, 4) is 0 Å². The maximum Gasteiger partial charge on any atom is 0.321 e. The van der Waals surface area contributed by atoms with Crippen molar-refractivity contribution in [2.75, 3.05) is 19.5 Å². The molecule has 3 rings (SSSR count). The lowest BCUT2D eigenvalue weighted by atomic mass is 10.2. The average molecular weight is 419 g/mol. The van der Waals surface area contributed by atoms with Gasteiger partial charge in [0, 0.05) is 13.2 Å². The fourth-order valence-electron chi connectivity index (χ4n) is 3.52. The van der Waals surface area contributed by atoms with Crippen molar-refractivity contribution in [1.29, 1.82) is 0 Å². The first-order valence-electron chi connectivity index (χ1n) is 9.73. The fourth-order valence-corrected chi connectivity index (χ4v) is 4.41. The molecule has 0 bridgehead atoms.